The van der Waals surface area contributed by atoms with Crippen LogP contribution in [-0.2, 0) is 11.8 Å². The number of hydrogen-bond acceptors (Lipinski definition) is 4. The normalized spacial score (nSPS) is 10.1. The third kappa shape index (κ3) is 4.90. The van der Waals surface area contributed by atoms with Gasteiger partial charge in [-0.3, -0.25) is 9.59 Å². The monoisotopic (exact) mass is 422 g/mol. The zero-order chi connectivity index (χ0) is 22.5. The highest BCUT2D eigenvalue weighted by molar-refractivity contribution is 6.04. The number of pyridine rings is 1. The van der Waals surface area contributed by atoms with Gasteiger partial charge in [0.15, 0.2) is 0 Å². The first kappa shape index (κ1) is 21.6. The van der Waals surface area contributed by atoms with E-state index in [4.69, 9.17) is 0 Å². The van der Waals surface area contributed by atoms with Gasteiger partial charge < -0.3 is 20.5 Å². The van der Waals surface area contributed by atoms with Crippen LogP contribution in [0.15, 0.2) is 53.5 Å². The Morgan fingerprint density at radius 1 is 1.03 bits per heavy atom. The predicted molar refractivity (Wildman–Crippen MR) is 118 cm³/mol. The average molecular weight is 422 g/mol. The van der Waals surface area contributed by atoms with Gasteiger partial charge in [-0.2, -0.15) is 0 Å². The molecule has 0 aliphatic carbocycles. The standard InChI is InChI=1S/C23H20F2N4O2/c1-4-5-22(30)27-16-7-9-19(28-20-8-6-15(24)11-18(20)25)17(12-16)14-10-21(26-2)23(31)29(3)13-14/h6-13,26,28H,1-3H3,(H,27,30). The van der Waals surface area contributed by atoms with Gasteiger partial charge in [-0.05, 0) is 49.2 Å². The molecular weight excluding hydrogens is 402 g/mol. The van der Waals surface area contributed by atoms with Crippen LogP contribution in [-0.4, -0.2) is 17.5 Å². The van der Waals surface area contributed by atoms with Crippen LogP contribution < -0.4 is 21.5 Å². The van der Waals surface area contributed by atoms with Crippen molar-refractivity contribution < 1.29 is 13.6 Å². The summed E-state index contributed by atoms with van der Waals surface area (Å²) in [6.45, 7) is 1.55. The Hall–Kier alpha value is -4.12. The van der Waals surface area contributed by atoms with Crippen LogP contribution >= 0.6 is 0 Å². The van der Waals surface area contributed by atoms with E-state index in [-0.39, 0.29) is 11.2 Å². The zero-order valence-corrected chi connectivity index (χ0v) is 17.1. The molecule has 3 rings (SSSR count). The van der Waals surface area contributed by atoms with Gasteiger partial charge in [-0.25, -0.2) is 8.78 Å². The first-order chi connectivity index (χ1) is 14.8. The second-order valence-electron chi connectivity index (χ2n) is 6.65. The summed E-state index contributed by atoms with van der Waals surface area (Å²) in [5, 5.41) is 8.47. The third-order valence-corrected chi connectivity index (χ3v) is 4.48. The molecule has 8 heteroatoms. The number of rotatable bonds is 5. The van der Waals surface area contributed by atoms with Gasteiger partial charge in [-0.15, -0.1) is 0 Å². The summed E-state index contributed by atoms with van der Waals surface area (Å²) in [4.78, 5) is 24.1. The second-order valence-corrected chi connectivity index (χ2v) is 6.65. The molecule has 0 radical (unpaired) electrons. The van der Waals surface area contributed by atoms with Crippen LogP contribution in [0, 0.1) is 23.5 Å². The molecule has 0 spiro atoms. The maximum absolute atomic E-state index is 14.2. The number of hydrogen-bond donors (Lipinski definition) is 3. The molecule has 6 nitrogen and oxygen atoms in total. The summed E-state index contributed by atoms with van der Waals surface area (Å²) in [7, 11) is 3.25. The molecule has 1 heterocycles. The van der Waals surface area contributed by atoms with E-state index in [1.54, 1.807) is 51.5 Å². The Morgan fingerprint density at radius 3 is 2.45 bits per heavy atom. The molecular formula is C23H20F2N4O2. The first-order valence-electron chi connectivity index (χ1n) is 9.31. The van der Waals surface area contributed by atoms with Crippen molar-refractivity contribution in [2.75, 3.05) is 23.0 Å². The Kier molecular flexibility index (Phi) is 6.36. The molecule has 3 aromatic rings. The number of aryl methyl sites for hydroxylation is 1. The Bertz CT molecular complexity index is 1270. The van der Waals surface area contributed by atoms with Crippen molar-refractivity contribution >= 4 is 28.7 Å². The third-order valence-electron chi connectivity index (χ3n) is 4.48. The number of carbonyl (C=O) groups excluding carboxylic acids is 1. The number of halogens is 2. The Balaban J connectivity index is 2.14. The van der Waals surface area contributed by atoms with Crippen LogP contribution in [0.4, 0.5) is 31.5 Å². The first-order valence-corrected chi connectivity index (χ1v) is 9.31. The SMILES string of the molecule is CC#CC(=O)Nc1ccc(Nc2ccc(F)cc2F)c(-c2cc(NC)c(=O)n(C)c2)c1. The summed E-state index contributed by atoms with van der Waals surface area (Å²) in [5.41, 5.74) is 2.40. The fourth-order valence-corrected chi connectivity index (χ4v) is 3.02. The molecule has 0 fully saturated rings. The van der Waals surface area contributed by atoms with Crippen molar-refractivity contribution in [3.63, 3.8) is 0 Å². The van der Waals surface area contributed by atoms with Gasteiger partial charge in [0.2, 0.25) is 0 Å². The lowest BCUT2D eigenvalue weighted by Crippen LogP contribution is -2.19. The number of nitrogens with one attached hydrogen (secondary N) is 3. The summed E-state index contributed by atoms with van der Waals surface area (Å²) in [6.07, 6.45) is 1.63. The smallest absolute Gasteiger partial charge is 0.300 e. The van der Waals surface area contributed by atoms with E-state index in [1.807, 2.05) is 0 Å². The number of carbonyl (C=O) groups is 1. The molecule has 0 saturated carbocycles. The van der Waals surface area contributed by atoms with Gasteiger partial charge in [-0.1, -0.05) is 5.92 Å². The molecule has 0 aliphatic rings. The highest BCUT2D eigenvalue weighted by atomic mass is 19.1. The second kappa shape index (κ2) is 9.13. The van der Waals surface area contributed by atoms with E-state index in [1.165, 1.54) is 10.6 Å². The van der Waals surface area contributed by atoms with Crippen LogP contribution in [0.3, 0.4) is 0 Å². The molecule has 1 amide bonds. The molecule has 158 valence electrons. The van der Waals surface area contributed by atoms with Gasteiger partial charge >= 0.3 is 0 Å². The molecule has 0 unspecified atom stereocenters. The molecule has 0 saturated heterocycles. The maximum Gasteiger partial charge on any atom is 0.300 e. The highest BCUT2D eigenvalue weighted by Crippen LogP contribution is 2.34. The topological polar surface area (TPSA) is 75.2 Å². The quantitative estimate of drug-likeness (QED) is 0.542. The fourth-order valence-electron chi connectivity index (χ4n) is 3.02. The zero-order valence-electron chi connectivity index (χ0n) is 17.1. The van der Waals surface area contributed by atoms with Crippen LogP contribution in [0.2, 0.25) is 0 Å². The van der Waals surface area contributed by atoms with Crippen molar-refractivity contribution in [2.45, 2.75) is 6.92 Å². The Morgan fingerprint density at radius 2 is 1.77 bits per heavy atom. The van der Waals surface area contributed by atoms with E-state index in [9.17, 15) is 18.4 Å². The largest absolute Gasteiger partial charge is 0.384 e. The molecule has 0 aliphatic heterocycles. The number of benzene rings is 2. The number of anilines is 4. The highest BCUT2D eigenvalue weighted by Gasteiger charge is 2.13. The van der Waals surface area contributed by atoms with Crippen molar-refractivity contribution in [2.24, 2.45) is 7.05 Å². The number of amides is 1. The van der Waals surface area contributed by atoms with Gasteiger partial charge in [0, 0.05) is 48.9 Å². The van der Waals surface area contributed by atoms with E-state index < -0.39 is 17.5 Å². The summed E-state index contributed by atoms with van der Waals surface area (Å²) in [5.74, 6) is 3.01. The lowest BCUT2D eigenvalue weighted by atomic mass is 10.0. The molecule has 31 heavy (non-hydrogen) atoms. The summed E-state index contributed by atoms with van der Waals surface area (Å²) < 4.78 is 28.9. The predicted octanol–water partition coefficient (Wildman–Crippen LogP) is 4.08. The fraction of sp³-hybridized carbons (Fsp3) is 0.130. The molecule has 0 atom stereocenters. The van der Waals surface area contributed by atoms with Gasteiger partial charge in [0.25, 0.3) is 11.5 Å². The lowest BCUT2D eigenvalue weighted by molar-refractivity contribution is -0.111. The van der Waals surface area contributed by atoms with E-state index in [0.717, 1.165) is 12.1 Å². The van der Waals surface area contributed by atoms with Crippen molar-refractivity contribution in [3.05, 3.63) is 70.6 Å². The minimum atomic E-state index is -0.752. The van der Waals surface area contributed by atoms with Crippen molar-refractivity contribution in [1.29, 1.82) is 0 Å². The molecule has 1 aromatic heterocycles. The lowest BCUT2D eigenvalue weighted by Gasteiger charge is -2.16. The maximum atomic E-state index is 14.2. The van der Waals surface area contributed by atoms with Gasteiger partial charge in [0.1, 0.15) is 17.3 Å². The van der Waals surface area contributed by atoms with Gasteiger partial charge in [0.05, 0.1) is 5.69 Å². The number of aromatic nitrogens is 1. The minimum Gasteiger partial charge on any atom is -0.384 e. The summed E-state index contributed by atoms with van der Waals surface area (Å²) in [6, 6.07) is 9.83. The molecule has 3 N–H and O–H groups in total. The van der Waals surface area contributed by atoms with Crippen LogP contribution in [0.25, 0.3) is 11.1 Å². The summed E-state index contributed by atoms with van der Waals surface area (Å²) >= 11 is 0. The van der Waals surface area contributed by atoms with Crippen LogP contribution in [0.5, 0.6) is 0 Å². The molecule has 0 bridgehead atoms. The van der Waals surface area contributed by atoms with E-state index in [0.29, 0.717) is 28.2 Å². The van der Waals surface area contributed by atoms with Crippen molar-refractivity contribution in [1.82, 2.24) is 4.57 Å². The molecule has 2 aromatic carbocycles. The van der Waals surface area contributed by atoms with Crippen LogP contribution in [0.1, 0.15) is 6.92 Å². The average Bonchev–Trinajstić information content (AvgIpc) is 2.73. The minimum absolute atomic E-state index is 0.0787. The van der Waals surface area contributed by atoms with E-state index >= 15 is 0 Å². The number of nitrogens with zero attached hydrogens (tertiary/aromatic N) is 1. The Labute approximate surface area is 177 Å². The van der Waals surface area contributed by atoms with Crippen molar-refractivity contribution in [3.8, 4) is 23.0 Å². The van der Waals surface area contributed by atoms with E-state index in [2.05, 4.69) is 27.8 Å².